The van der Waals surface area contributed by atoms with Crippen LogP contribution in [0.5, 0.6) is 0 Å². The van der Waals surface area contributed by atoms with Gasteiger partial charge in [0, 0.05) is 6.54 Å². The second kappa shape index (κ2) is 5.53. The van der Waals surface area contributed by atoms with E-state index < -0.39 is 0 Å². The number of hydrogen-bond donors (Lipinski definition) is 2. The molecule has 0 saturated heterocycles. The van der Waals surface area contributed by atoms with E-state index in [4.69, 9.17) is 5.73 Å². The van der Waals surface area contributed by atoms with Crippen molar-refractivity contribution < 1.29 is 0 Å². The number of rotatable bonds is 5. The molecule has 0 amide bonds. The lowest BCUT2D eigenvalue weighted by atomic mass is 10.2. The van der Waals surface area contributed by atoms with Gasteiger partial charge in [0.15, 0.2) is 0 Å². The number of nitrogen functional groups attached to an aromatic ring is 1. The van der Waals surface area contributed by atoms with Crippen LogP contribution in [0.3, 0.4) is 0 Å². The van der Waals surface area contributed by atoms with Crippen molar-refractivity contribution in [2.24, 2.45) is 0 Å². The molecule has 0 heterocycles. The summed E-state index contributed by atoms with van der Waals surface area (Å²) in [6.07, 6.45) is 3.74. The number of hydrogen-bond acceptors (Lipinski definition) is 2. The van der Waals surface area contributed by atoms with Gasteiger partial charge in [-0.05, 0) is 31.0 Å². The molecule has 0 saturated carbocycles. The third-order valence-corrected chi connectivity index (χ3v) is 2.30. The molecule has 2 heteroatoms. The first-order valence-electron chi connectivity index (χ1n) is 5.34. The molecule has 0 aliphatic heterocycles. The van der Waals surface area contributed by atoms with E-state index >= 15 is 0 Å². The summed E-state index contributed by atoms with van der Waals surface area (Å²) in [6.45, 7) is 5.30. The maximum absolute atomic E-state index is 5.84. The zero-order valence-corrected chi connectivity index (χ0v) is 9.14. The van der Waals surface area contributed by atoms with Gasteiger partial charge in [0.25, 0.3) is 0 Å². The van der Waals surface area contributed by atoms with E-state index in [-0.39, 0.29) is 0 Å². The number of nitrogens with two attached hydrogens (primary N) is 1. The molecule has 0 atom stereocenters. The van der Waals surface area contributed by atoms with Crippen molar-refractivity contribution in [1.29, 1.82) is 0 Å². The van der Waals surface area contributed by atoms with Gasteiger partial charge in [0.2, 0.25) is 0 Å². The van der Waals surface area contributed by atoms with Crippen LogP contribution in [-0.4, -0.2) is 6.54 Å². The molecule has 0 bridgehead atoms. The van der Waals surface area contributed by atoms with Crippen LogP contribution < -0.4 is 11.1 Å². The third kappa shape index (κ3) is 3.29. The smallest absolute Gasteiger partial charge is 0.0576 e. The summed E-state index contributed by atoms with van der Waals surface area (Å²) in [5.41, 5.74) is 9.00. The first-order valence-corrected chi connectivity index (χ1v) is 5.34. The van der Waals surface area contributed by atoms with E-state index in [0.717, 1.165) is 17.9 Å². The van der Waals surface area contributed by atoms with E-state index in [0.29, 0.717) is 0 Å². The van der Waals surface area contributed by atoms with Crippen LogP contribution in [0.2, 0.25) is 0 Å². The van der Waals surface area contributed by atoms with E-state index in [2.05, 4.69) is 25.2 Å². The van der Waals surface area contributed by atoms with Crippen molar-refractivity contribution in [1.82, 2.24) is 0 Å². The maximum atomic E-state index is 5.84. The molecular weight excluding hydrogens is 172 g/mol. The van der Waals surface area contributed by atoms with Crippen molar-refractivity contribution in [2.45, 2.75) is 33.1 Å². The SMILES string of the molecule is CCCCCNc1cc(C)ccc1N. The minimum Gasteiger partial charge on any atom is -0.397 e. The second-order valence-electron chi connectivity index (χ2n) is 3.72. The molecule has 1 aromatic carbocycles. The number of nitrogens with one attached hydrogen (secondary N) is 1. The van der Waals surface area contributed by atoms with Gasteiger partial charge in [-0.25, -0.2) is 0 Å². The lowest BCUT2D eigenvalue weighted by Gasteiger charge is -2.09. The Balaban J connectivity index is 2.45. The van der Waals surface area contributed by atoms with Gasteiger partial charge >= 0.3 is 0 Å². The average molecular weight is 192 g/mol. The number of unbranched alkanes of at least 4 members (excludes halogenated alkanes) is 2. The van der Waals surface area contributed by atoms with Gasteiger partial charge in [0.05, 0.1) is 11.4 Å². The zero-order valence-electron chi connectivity index (χ0n) is 9.14. The monoisotopic (exact) mass is 192 g/mol. The fourth-order valence-corrected chi connectivity index (χ4v) is 1.42. The summed E-state index contributed by atoms with van der Waals surface area (Å²) >= 11 is 0. The number of aryl methyl sites for hydroxylation is 1. The lowest BCUT2D eigenvalue weighted by Crippen LogP contribution is -2.04. The van der Waals surface area contributed by atoms with Crippen LogP contribution in [0, 0.1) is 6.92 Å². The van der Waals surface area contributed by atoms with Gasteiger partial charge in [-0.2, -0.15) is 0 Å². The second-order valence-corrected chi connectivity index (χ2v) is 3.72. The summed E-state index contributed by atoms with van der Waals surface area (Å²) in [5, 5.41) is 3.36. The number of benzene rings is 1. The fraction of sp³-hybridized carbons (Fsp3) is 0.500. The molecule has 0 unspecified atom stereocenters. The molecule has 0 aliphatic carbocycles. The zero-order chi connectivity index (χ0) is 10.4. The molecule has 3 N–H and O–H groups in total. The van der Waals surface area contributed by atoms with Crippen LogP contribution in [0.15, 0.2) is 18.2 Å². The largest absolute Gasteiger partial charge is 0.397 e. The predicted molar refractivity (Wildman–Crippen MR) is 63.6 cm³/mol. The predicted octanol–water partition coefficient (Wildman–Crippen LogP) is 3.18. The van der Waals surface area contributed by atoms with Gasteiger partial charge in [-0.1, -0.05) is 25.8 Å². The van der Waals surface area contributed by atoms with Crippen LogP contribution in [0.25, 0.3) is 0 Å². The minimum absolute atomic E-state index is 0.840. The van der Waals surface area contributed by atoms with Gasteiger partial charge < -0.3 is 11.1 Å². The van der Waals surface area contributed by atoms with Crippen molar-refractivity contribution in [3.63, 3.8) is 0 Å². The molecule has 1 rings (SSSR count). The Morgan fingerprint density at radius 1 is 1.29 bits per heavy atom. The highest BCUT2D eigenvalue weighted by Crippen LogP contribution is 2.19. The van der Waals surface area contributed by atoms with Crippen LogP contribution in [-0.2, 0) is 0 Å². The summed E-state index contributed by atoms with van der Waals surface area (Å²) in [5.74, 6) is 0. The quantitative estimate of drug-likeness (QED) is 0.555. The Hall–Kier alpha value is -1.18. The highest BCUT2D eigenvalue weighted by atomic mass is 14.9. The summed E-state index contributed by atoms with van der Waals surface area (Å²) < 4.78 is 0. The van der Waals surface area contributed by atoms with Crippen LogP contribution in [0.4, 0.5) is 11.4 Å². The minimum atomic E-state index is 0.840. The fourth-order valence-electron chi connectivity index (χ4n) is 1.42. The van der Waals surface area contributed by atoms with Gasteiger partial charge in [-0.3, -0.25) is 0 Å². The standard InChI is InChI=1S/C12H20N2/c1-3-4-5-8-14-12-9-10(2)6-7-11(12)13/h6-7,9,14H,3-5,8,13H2,1-2H3. The molecular formula is C12H20N2. The molecule has 0 spiro atoms. The molecule has 0 fully saturated rings. The van der Waals surface area contributed by atoms with E-state index in [1.54, 1.807) is 0 Å². The van der Waals surface area contributed by atoms with Crippen molar-refractivity contribution in [3.05, 3.63) is 23.8 Å². The lowest BCUT2D eigenvalue weighted by molar-refractivity contribution is 0.744. The maximum Gasteiger partial charge on any atom is 0.0576 e. The van der Waals surface area contributed by atoms with E-state index in [1.165, 1.54) is 24.8 Å². The topological polar surface area (TPSA) is 38.0 Å². The Morgan fingerprint density at radius 3 is 2.79 bits per heavy atom. The van der Waals surface area contributed by atoms with Gasteiger partial charge in [-0.15, -0.1) is 0 Å². The van der Waals surface area contributed by atoms with Gasteiger partial charge in [0.1, 0.15) is 0 Å². The molecule has 1 aromatic rings. The van der Waals surface area contributed by atoms with Crippen molar-refractivity contribution in [3.8, 4) is 0 Å². The summed E-state index contributed by atoms with van der Waals surface area (Å²) in [6, 6.07) is 6.09. The normalized spacial score (nSPS) is 10.1. The third-order valence-electron chi connectivity index (χ3n) is 2.30. The molecule has 0 aromatic heterocycles. The highest BCUT2D eigenvalue weighted by Gasteiger charge is 1.97. The van der Waals surface area contributed by atoms with Crippen LogP contribution in [0.1, 0.15) is 31.7 Å². The molecule has 14 heavy (non-hydrogen) atoms. The Morgan fingerprint density at radius 2 is 2.07 bits per heavy atom. The Labute approximate surface area is 86.5 Å². The van der Waals surface area contributed by atoms with E-state index in [1.807, 2.05) is 12.1 Å². The van der Waals surface area contributed by atoms with Crippen LogP contribution >= 0.6 is 0 Å². The Kier molecular flexibility index (Phi) is 4.30. The number of anilines is 2. The molecule has 2 nitrogen and oxygen atoms in total. The molecule has 0 aliphatic rings. The van der Waals surface area contributed by atoms with Crippen molar-refractivity contribution in [2.75, 3.05) is 17.6 Å². The highest BCUT2D eigenvalue weighted by molar-refractivity contribution is 5.66. The Bertz CT molecular complexity index is 282. The molecule has 78 valence electrons. The van der Waals surface area contributed by atoms with Crippen molar-refractivity contribution >= 4 is 11.4 Å². The summed E-state index contributed by atoms with van der Waals surface area (Å²) in [7, 11) is 0. The average Bonchev–Trinajstić information content (AvgIpc) is 2.18. The first-order chi connectivity index (χ1) is 6.74. The van der Waals surface area contributed by atoms with E-state index in [9.17, 15) is 0 Å². The molecule has 0 radical (unpaired) electrons. The summed E-state index contributed by atoms with van der Waals surface area (Å²) in [4.78, 5) is 0. The first kappa shape index (κ1) is 10.9.